The Morgan fingerprint density at radius 1 is 0.975 bits per heavy atom. The van der Waals surface area contributed by atoms with Gasteiger partial charge in [-0.05, 0) is 60.4 Å². The van der Waals surface area contributed by atoms with E-state index in [1.807, 2.05) is 93.6 Å². The normalized spacial score (nSPS) is 14.3. The molecule has 1 aliphatic rings. The third-order valence-electron chi connectivity index (χ3n) is 7.37. The summed E-state index contributed by atoms with van der Waals surface area (Å²) in [5, 5.41) is 11.5. The van der Waals surface area contributed by atoms with Crippen LogP contribution in [0.3, 0.4) is 0 Å². The van der Waals surface area contributed by atoms with Gasteiger partial charge in [0.1, 0.15) is 18.1 Å². The van der Waals surface area contributed by atoms with Crippen molar-refractivity contribution in [1.29, 1.82) is 0 Å². The van der Waals surface area contributed by atoms with Gasteiger partial charge in [-0.15, -0.1) is 5.10 Å². The molecule has 1 atom stereocenters. The average molecular weight is 541 g/mol. The molecular weight excluding hydrogens is 504 g/mol. The van der Waals surface area contributed by atoms with Crippen molar-refractivity contribution in [2.45, 2.75) is 39.9 Å². The van der Waals surface area contributed by atoms with Crippen LogP contribution in [0.15, 0.2) is 72.8 Å². The molecule has 1 aromatic heterocycles. The lowest BCUT2D eigenvalue weighted by atomic mass is 9.99. The number of nitrogens with zero attached hydrogens (tertiary/aromatic N) is 5. The van der Waals surface area contributed by atoms with Gasteiger partial charge in [-0.3, -0.25) is 9.59 Å². The molecule has 3 aromatic carbocycles. The molecule has 1 unspecified atom stereocenters. The summed E-state index contributed by atoms with van der Waals surface area (Å²) in [6.07, 6.45) is 0. The summed E-state index contributed by atoms with van der Waals surface area (Å²) in [4.78, 5) is 31.7. The quantitative estimate of drug-likeness (QED) is 0.341. The number of anilines is 2. The van der Waals surface area contributed by atoms with Crippen LogP contribution < -0.4 is 10.2 Å². The van der Waals surface area contributed by atoms with E-state index in [2.05, 4.69) is 20.5 Å². The van der Waals surface area contributed by atoms with E-state index in [4.69, 9.17) is 4.74 Å². The number of hydrogen-bond acceptors (Lipinski definition) is 6. The van der Waals surface area contributed by atoms with E-state index in [1.54, 1.807) is 9.58 Å². The van der Waals surface area contributed by atoms with Crippen molar-refractivity contribution in [2.24, 2.45) is 5.92 Å². The van der Waals surface area contributed by atoms with Crippen molar-refractivity contribution in [3.8, 4) is 0 Å². The van der Waals surface area contributed by atoms with E-state index in [-0.39, 0.29) is 24.3 Å². The Morgan fingerprint density at radius 3 is 2.40 bits per heavy atom. The number of amides is 2. The van der Waals surface area contributed by atoms with E-state index in [0.29, 0.717) is 25.4 Å². The van der Waals surface area contributed by atoms with Crippen molar-refractivity contribution in [1.82, 2.24) is 19.9 Å². The van der Waals surface area contributed by atoms with Crippen molar-refractivity contribution in [2.75, 3.05) is 36.5 Å². The Morgan fingerprint density at radius 2 is 1.68 bits per heavy atom. The summed E-state index contributed by atoms with van der Waals surface area (Å²) in [6, 6.07) is 22.6. The van der Waals surface area contributed by atoms with Gasteiger partial charge in [-0.25, -0.2) is 4.68 Å². The number of rotatable bonds is 9. The fraction of sp³-hybridized carbons (Fsp3) is 0.355. The first-order valence-corrected chi connectivity index (χ1v) is 13.8. The molecule has 1 aliphatic heterocycles. The summed E-state index contributed by atoms with van der Waals surface area (Å²) in [6.45, 7) is 9.36. The van der Waals surface area contributed by atoms with Crippen LogP contribution >= 0.6 is 0 Å². The Labute approximate surface area is 234 Å². The van der Waals surface area contributed by atoms with Gasteiger partial charge in [0.15, 0.2) is 0 Å². The molecule has 9 heteroatoms. The lowest BCUT2D eigenvalue weighted by Gasteiger charge is -2.34. The molecule has 4 aromatic rings. The Balaban J connectivity index is 1.39. The van der Waals surface area contributed by atoms with Gasteiger partial charge in [0.2, 0.25) is 11.8 Å². The first-order valence-electron chi connectivity index (χ1n) is 13.8. The molecule has 1 N–H and O–H groups in total. The number of benzene rings is 3. The van der Waals surface area contributed by atoms with Gasteiger partial charge < -0.3 is 19.9 Å². The molecule has 208 valence electrons. The third kappa shape index (κ3) is 6.15. The number of morpholine rings is 1. The highest BCUT2D eigenvalue weighted by atomic mass is 16.5. The van der Waals surface area contributed by atoms with Gasteiger partial charge in [0, 0.05) is 31.0 Å². The minimum Gasteiger partial charge on any atom is -0.378 e. The van der Waals surface area contributed by atoms with Crippen LogP contribution in [0.5, 0.6) is 0 Å². The number of hydrogen-bond donors (Lipinski definition) is 1. The number of fused-ring (bicyclic) bond motifs is 1. The lowest BCUT2D eigenvalue weighted by Crippen LogP contribution is -2.51. The summed E-state index contributed by atoms with van der Waals surface area (Å²) >= 11 is 0. The van der Waals surface area contributed by atoms with Gasteiger partial charge >= 0.3 is 0 Å². The second kappa shape index (κ2) is 12.3. The smallest absolute Gasteiger partial charge is 0.247 e. The first kappa shape index (κ1) is 27.3. The number of carbonyl (C=O) groups is 2. The number of carbonyl (C=O) groups excluding carboxylic acids is 2. The fourth-order valence-electron chi connectivity index (χ4n) is 5.16. The fourth-order valence-corrected chi connectivity index (χ4v) is 5.16. The Hall–Kier alpha value is -4.24. The highest BCUT2D eigenvalue weighted by Gasteiger charge is 2.33. The number of ether oxygens (including phenoxy) is 1. The maximum Gasteiger partial charge on any atom is 0.247 e. The highest BCUT2D eigenvalue weighted by molar-refractivity contribution is 5.97. The Bertz CT molecular complexity index is 1460. The number of nitrogens with one attached hydrogen (secondary N) is 1. The summed E-state index contributed by atoms with van der Waals surface area (Å²) < 4.78 is 7.05. The van der Waals surface area contributed by atoms with E-state index in [0.717, 1.165) is 40.9 Å². The summed E-state index contributed by atoms with van der Waals surface area (Å²) in [5.74, 6) is -0.553. The highest BCUT2D eigenvalue weighted by Crippen LogP contribution is 2.23. The largest absolute Gasteiger partial charge is 0.378 e. The van der Waals surface area contributed by atoms with Gasteiger partial charge in [-0.1, -0.05) is 55.5 Å². The van der Waals surface area contributed by atoms with Crippen LogP contribution in [0.25, 0.3) is 11.0 Å². The van der Waals surface area contributed by atoms with E-state index in [9.17, 15) is 9.59 Å². The standard InChI is InChI=1S/C31H36N6O3/c1-22(2)30(31(39)32-25-12-14-26(15-13-25)35-16-18-40-19-17-35)36(20-24-9-5-4-8-23(24)3)29(38)21-37-28-11-7-6-10-27(28)33-34-37/h4-15,22,30H,16-21H2,1-3H3,(H,32,39). The molecule has 0 radical (unpaired) electrons. The van der Waals surface area contributed by atoms with Crippen LogP contribution in [-0.2, 0) is 27.4 Å². The zero-order valence-electron chi connectivity index (χ0n) is 23.3. The SMILES string of the molecule is Cc1ccccc1CN(C(=O)Cn1nnc2ccccc21)C(C(=O)Nc1ccc(N2CCOCC2)cc1)C(C)C. The molecule has 2 heterocycles. The van der Waals surface area contributed by atoms with Crippen LogP contribution in [0, 0.1) is 12.8 Å². The van der Waals surface area contributed by atoms with E-state index in [1.165, 1.54) is 0 Å². The predicted octanol–water partition coefficient (Wildman–Crippen LogP) is 4.27. The molecule has 9 nitrogen and oxygen atoms in total. The lowest BCUT2D eigenvalue weighted by molar-refractivity contribution is -0.141. The zero-order valence-corrected chi connectivity index (χ0v) is 23.3. The van der Waals surface area contributed by atoms with Crippen molar-refractivity contribution < 1.29 is 14.3 Å². The Kier molecular flexibility index (Phi) is 8.40. The van der Waals surface area contributed by atoms with Gasteiger partial charge in [0.25, 0.3) is 0 Å². The molecule has 0 saturated carbocycles. The van der Waals surface area contributed by atoms with E-state index < -0.39 is 6.04 Å². The van der Waals surface area contributed by atoms with Crippen LogP contribution in [0.1, 0.15) is 25.0 Å². The summed E-state index contributed by atoms with van der Waals surface area (Å²) in [7, 11) is 0. The molecule has 5 rings (SSSR count). The average Bonchev–Trinajstić information content (AvgIpc) is 3.37. The van der Waals surface area contributed by atoms with Gasteiger partial charge in [0.05, 0.1) is 18.7 Å². The van der Waals surface area contributed by atoms with Crippen molar-refractivity contribution >= 4 is 34.2 Å². The monoisotopic (exact) mass is 540 g/mol. The van der Waals surface area contributed by atoms with Crippen molar-refractivity contribution in [3.63, 3.8) is 0 Å². The molecule has 40 heavy (non-hydrogen) atoms. The minimum atomic E-state index is -0.694. The molecule has 2 amide bonds. The minimum absolute atomic E-state index is 0.0167. The maximum absolute atomic E-state index is 13.9. The maximum atomic E-state index is 13.9. The molecule has 0 bridgehead atoms. The number of aryl methyl sites for hydroxylation is 1. The molecule has 0 aliphatic carbocycles. The molecule has 0 spiro atoms. The zero-order chi connectivity index (χ0) is 28.1. The van der Waals surface area contributed by atoms with Crippen LogP contribution in [-0.4, -0.2) is 64.1 Å². The third-order valence-corrected chi connectivity index (χ3v) is 7.37. The summed E-state index contributed by atoms with van der Waals surface area (Å²) in [5.41, 5.74) is 5.34. The van der Waals surface area contributed by atoms with Gasteiger partial charge in [-0.2, -0.15) is 0 Å². The first-order chi connectivity index (χ1) is 19.4. The molecule has 1 fully saturated rings. The predicted molar refractivity (Wildman–Crippen MR) is 156 cm³/mol. The van der Waals surface area contributed by atoms with Crippen LogP contribution in [0.2, 0.25) is 0 Å². The molecular formula is C31H36N6O3. The van der Waals surface area contributed by atoms with E-state index >= 15 is 0 Å². The second-order valence-electron chi connectivity index (χ2n) is 10.5. The number of para-hydroxylation sites is 1. The molecule has 1 saturated heterocycles. The van der Waals surface area contributed by atoms with Crippen LogP contribution in [0.4, 0.5) is 11.4 Å². The second-order valence-corrected chi connectivity index (χ2v) is 10.5. The van der Waals surface area contributed by atoms with Crippen molar-refractivity contribution in [3.05, 3.63) is 83.9 Å². The number of aromatic nitrogens is 3. The topological polar surface area (TPSA) is 92.6 Å².